The van der Waals surface area contributed by atoms with E-state index in [9.17, 15) is 40.4 Å². The Morgan fingerprint density at radius 2 is 1.76 bits per heavy atom. The highest BCUT2D eigenvalue weighted by molar-refractivity contribution is 7.91. The quantitative estimate of drug-likeness (QED) is 0.242. The first-order chi connectivity index (χ1) is 21.2. The molecule has 1 saturated heterocycles. The van der Waals surface area contributed by atoms with E-state index in [2.05, 4.69) is 10.8 Å². The number of rotatable bonds is 12. The molecule has 0 radical (unpaired) electrons. The zero-order valence-corrected chi connectivity index (χ0v) is 24.8. The van der Waals surface area contributed by atoms with Crippen LogP contribution in [0.25, 0.3) is 0 Å². The first kappa shape index (κ1) is 33.7. The number of amides is 1. The van der Waals surface area contributed by atoms with Gasteiger partial charge in [-0.1, -0.05) is 19.1 Å². The van der Waals surface area contributed by atoms with Gasteiger partial charge in [0.25, 0.3) is 0 Å². The maximum atomic E-state index is 13.0. The third kappa shape index (κ3) is 8.09. The molecule has 1 amide bonds. The molecule has 1 heterocycles. The van der Waals surface area contributed by atoms with Crippen LogP contribution in [0.2, 0.25) is 0 Å². The molecule has 14 heteroatoms. The van der Waals surface area contributed by atoms with Gasteiger partial charge < -0.3 is 20.1 Å². The van der Waals surface area contributed by atoms with Crippen LogP contribution in [0.1, 0.15) is 52.7 Å². The van der Waals surface area contributed by atoms with Crippen LogP contribution in [0, 0.1) is 11.3 Å². The molecule has 0 aliphatic carbocycles. The summed E-state index contributed by atoms with van der Waals surface area (Å²) in [6, 6.07) is 16.2. The normalized spacial score (nSPS) is 17.7. The zero-order valence-electron chi connectivity index (χ0n) is 24.0. The summed E-state index contributed by atoms with van der Waals surface area (Å²) in [5, 5.41) is 9.65. The number of carbonyl (C=O) groups is 1. The number of nitrogens with zero attached hydrogens (tertiary/aromatic N) is 2. The minimum Gasteiger partial charge on any atom is -0.489 e. The van der Waals surface area contributed by atoms with E-state index in [1.807, 2.05) is 0 Å². The minimum atomic E-state index is -4.52. The number of primary amides is 1. The van der Waals surface area contributed by atoms with Gasteiger partial charge in [-0.2, -0.15) is 27.2 Å². The maximum absolute atomic E-state index is 13.0. The second kappa shape index (κ2) is 13.8. The Balaban J connectivity index is 1.68. The summed E-state index contributed by atoms with van der Waals surface area (Å²) in [4.78, 5) is 14.3. The van der Waals surface area contributed by atoms with Gasteiger partial charge in [0, 0.05) is 30.0 Å². The maximum Gasteiger partial charge on any atom is 0.416 e. The van der Waals surface area contributed by atoms with Crippen molar-refractivity contribution in [3.8, 4) is 11.8 Å². The minimum absolute atomic E-state index is 0.0960. The molecule has 2 N–H and O–H groups in total. The molecule has 0 unspecified atom stereocenters. The van der Waals surface area contributed by atoms with Gasteiger partial charge in [0.15, 0.2) is 9.84 Å². The summed E-state index contributed by atoms with van der Waals surface area (Å²) < 4.78 is 100. The highest BCUT2D eigenvalue weighted by Gasteiger charge is 2.36. The Morgan fingerprint density at radius 3 is 2.31 bits per heavy atom. The summed E-state index contributed by atoms with van der Waals surface area (Å²) in [6.07, 6.45) is -5.04. The number of ether oxygens (including phenoxy) is 2. The van der Waals surface area contributed by atoms with Crippen molar-refractivity contribution in [1.29, 1.82) is 5.26 Å². The van der Waals surface area contributed by atoms with Crippen molar-refractivity contribution >= 4 is 21.4 Å². The number of halogens is 5. The molecule has 1 fully saturated rings. The number of alkyl halides is 5. The number of sulfone groups is 1. The van der Waals surface area contributed by atoms with E-state index in [0.29, 0.717) is 16.8 Å². The lowest BCUT2D eigenvalue weighted by molar-refractivity contribution is -0.137. The summed E-state index contributed by atoms with van der Waals surface area (Å²) in [7, 11) is -3.48. The van der Waals surface area contributed by atoms with Crippen LogP contribution >= 0.6 is 0 Å². The largest absolute Gasteiger partial charge is 0.489 e. The molecule has 1 aliphatic rings. The number of hydrogen-bond acceptors (Lipinski definition) is 7. The highest BCUT2D eigenvalue weighted by atomic mass is 32.2. The van der Waals surface area contributed by atoms with Gasteiger partial charge in [0.05, 0.1) is 41.5 Å². The van der Waals surface area contributed by atoms with E-state index in [0.717, 1.165) is 12.1 Å². The predicted molar refractivity (Wildman–Crippen MR) is 155 cm³/mol. The lowest BCUT2D eigenvalue weighted by Crippen LogP contribution is -2.34. The van der Waals surface area contributed by atoms with E-state index in [1.165, 1.54) is 37.3 Å². The van der Waals surface area contributed by atoms with Crippen LogP contribution in [-0.4, -0.2) is 52.0 Å². The molecule has 0 bridgehead atoms. The fourth-order valence-corrected chi connectivity index (χ4v) is 6.23. The van der Waals surface area contributed by atoms with E-state index >= 15 is 0 Å². The molecular weight excluding hydrogens is 621 g/mol. The van der Waals surface area contributed by atoms with Crippen LogP contribution in [0.3, 0.4) is 0 Å². The second-order valence-electron chi connectivity index (χ2n) is 10.4. The van der Waals surface area contributed by atoms with Gasteiger partial charge in [-0.15, -0.1) is 0 Å². The lowest BCUT2D eigenvalue weighted by Gasteiger charge is -2.28. The van der Waals surface area contributed by atoms with Gasteiger partial charge in [0.1, 0.15) is 11.9 Å². The zero-order chi connectivity index (χ0) is 32.9. The monoisotopic (exact) mass is 651 g/mol. The molecule has 0 saturated carbocycles. The third-order valence-corrected chi connectivity index (χ3v) is 9.35. The Bertz CT molecular complexity index is 1640. The van der Waals surface area contributed by atoms with E-state index in [4.69, 9.17) is 10.5 Å². The second-order valence-corrected chi connectivity index (χ2v) is 12.7. The Labute approximate surface area is 257 Å². The topological polar surface area (TPSA) is 123 Å². The molecule has 8 nitrogen and oxygen atoms in total. The fourth-order valence-electron chi connectivity index (χ4n) is 5.35. The van der Waals surface area contributed by atoms with Crippen molar-refractivity contribution in [2.75, 3.05) is 23.8 Å². The van der Waals surface area contributed by atoms with Crippen molar-refractivity contribution in [1.82, 2.24) is 0 Å². The first-order valence-corrected chi connectivity index (χ1v) is 15.5. The summed E-state index contributed by atoms with van der Waals surface area (Å²) in [5.41, 5.74) is 6.34. The molecule has 3 atom stereocenters. The number of benzene rings is 3. The first-order valence-electron chi connectivity index (χ1n) is 13.9. The highest BCUT2D eigenvalue weighted by Crippen LogP contribution is 2.37. The Kier molecular flexibility index (Phi) is 10.3. The van der Waals surface area contributed by atoms with Gasteiger partial charge in [-0.3, -0.25) is 4.79 Å². The summed E-state index contributed by atoms with van der Waals surface area (Å²) in [6.45, 7) is -1.79. The van der Waals surface area contributed by atoms with Crippen molar-refractivity contribution in [3.05, 3.63) is 89.0 Å². The molecule has 240 valence electrons. The molecule has 3 aromatic carbocycles. The summed E-state index contributed by atoms with van der Waals surface area (Å²) >= 11 is 0. The third-order valence-electron chi connectivity index (χ3n) is 7.60. The smallest absolute Gasteiger partial charge is 0.416 e. The molecule has 3 aromatic rings. The van der Waals surface area contributed by atoms with Gasteiger partial charge in [0.2, 0.25) is 5.91 Å². The Hall–Kier alpha value is -4.22. The average molecular weight is 652 g/mol. The fraction of sp³-hybridized carbons (Fsp3) is 0.355. The van der Waals surface area contributed by atoms with E-state index in [1.54, 1.807) is 29.2 Å². The SMILES string of the molecule is CCS(=O)(=O)c1ccc([C@H](CC#N)c2cc(N3C[C@@H](Oc4ccc(C(F)(F)F)cc4)C[C@H]3COC(F)F)ccc2C(N)=O)cc1. The molecular formula is C31H30F5N3O5S. The average Bonchev–Trinajstić information content (AvgIpc) is 3.40. The number of nitrogens with two attached hydrogens (primary N) is 1. The summed E-state index contributed by atoms with van der Waals surface area (Å²) in [5.74, 6) is -1.41. The van der Waals surface area contributed by atoms with Crippen LogP contribution in [0.5, 0.6) is 5.75 Å². The molecule has 4 rings (SSSR count). The number of anilines is 1. The Morgan fingerprint density at radius 1 is 1.09 bits per heavy atom. The van der Waals surface area contributed by atoms with Gasteiger partial charge in [-0.05, 0) is 65.7 Å². The molecule has 1 aliphatic heterocycles. The van der Waals surface area contributed by atoms with Crippen molar-refractivity contribution in [3.63, 3.8) is 0 Å². The van der Waals surface area contributed by atoms with Crippen LogP contribution < -0.4 is 15.4 Å². The number of carbonyl (C=O) groups excluding carboxylic acids is 1. The standard InChI is InChI=1S/C31H30F5N3O5S/c1-2-45(41,42)25-10-3-19(4-11-25)26(13-14-37)28-16-21(7-12-27(28)29(38)40)39-17-24(15-22(39)18-43-30(32)33)44-23-8-5-20(6-9-23)31(34,35)36/h3-12,16,22,24,26,30H,2,13,15,17-18H2,1H3,(H2,38,40)/t22-,24-,26-/m0/s1. The van der Waals surface area contributed by atoms with E-state index in [-0.39, 0.29) is 41.3 Å². The number of hydrogen-bond donors (Lipinski definition) is 1. The number of nitriles is 1. The molecule has 45 heavy (non-hydrogen) atoms. The van der Waals surface area contributed by atoms with Crippen molar-refractivity contribution in [2.24, 2.45) is 5.73 Å². The van der Waals surface area contributed by atoms with E-state index < -0.39 is 58.8 Å². The van der Waals surface area contributed by atoms with Gasteiger partial charge >= 0.3 is 12.8 Å². The molecule has 0 spiro atoms. The lowest BCUT2D eigenvalue weighted by atomic mass is 9.85. The van der Waals surface area contributed by atoms with Gasteiger partial charge in [-0.25, -0.2) is 8.42 Å². The van der Waals surface area contributed by atoms with Crippen LogP contribution in [-0.2, 0) is 20.8 Å². The van der Waals surface area contributed by atoms with Crippen LogP contribution in [0.15, 0.2) is 71.6 Å². The van der Waals surface area contributed by atoms with Crippen molar-refractivity contribution in [2.45, 2.75) is 55.5 Å². The van der Waals surface area contributed by atoms with Crippen molar-refractivity contribution < 1.29 is 44.6 Å². The molecule has 0 aromatic heterocycles. The van der Waals surface area contributed by atoms with Crippen LogP contribution in [0.4, 0.5) is 27.6 Å². The predicted octanol–water partition coefficient (Wildman–Crippen LogP) is 5.91.